The van der Waals surface area contributed by atoms with E-state index in [-0.39, 0.29) is 10.8 Å². The van der Waals surface area contributed by atoms with Gasteiger partial charge in [0.25, 0.3) is 0 Å². The van der Waals surface area contributed by atoms with Crippen molar-refractivity contribution in [1.29, 1.82) is 0 Å². The Morgan fingerprint density at radius 3 is 2.55 bits per heavy atom. The van der Waals surface area contributed by atoms with Gasteiger partial charge in [0.05, 0.1) is 4.90 Å². The fraction of sp³-hybridized carbons (Fsp3) is 0.556. The smallest absolute Gasteiger partial charge is 0.406 e. The van der Waals surface area contributed by atoms with Crippen LogP contribution in [0.4, 0.5) is 13.2 Å². The number of hydrogen-bond donors (Lipinski definition) is 0. The van der Waals surface area contributed by atoms with Gasteiger partial charge in [-0.15, -0.1) is 13.2 Å². The van der Waals surface area contributed by atoms with Crippen LogP contribution in [0.5, 0.6) is 5.75 Å². The largest absolute Gasteiger partial charge is 0.573 e. The van der Waals surface area contributed by atoms with Gasteiger partial charge >= 0.3 is 6.36 Å². The molecule has 2 aliphatic rings. The summed E-state index contributed by atoms with van der Waals surface area (Å²) >= 11 is 0. The van der Waals surface area contributed by atoms with Crippen molar-refractivity contribution in [3.05, 3.63) is 36.0 Å². The first-order chi connectivity index (χ1) is 13.7. The second-order valence-electron chi connectivity index (χ2n) is 7.42. The van der Waals surface area contributed by atoms with Crippen LogP contribution in [0.2, 0.25) is 0 Å². The van der Waals surface area contributed by atoms with Gasteiger partial charge in [-0.2, -0.15) is 9.29 Å². The van der Waals surface area contributed by atoms with E-state index in [1.807, 2.05) is 0 Å². The lowest BCUT2D eigenvalue weighted by Gasteiger charge is -2.31. The molecule has 1 saturated carbocycles. The van der Waals surface area contributed by atoms with Gasteiger partial charge < -0.3 is 9.26 Å². The number of rotatable bonds is 6. The number of alkyl halides is 3. The van der Waals surface area contributed by atoms with Crippen LogP contribution in [-0.4, -0.2) is 42.3 Å². The number of aromatic nitrogens is 2. The maximum atomic E-state index is 12.9. The van der Waals surface area contributed by atoms with Gasteiger partial charge in [0.15, 0.2) is 5.82 Å². The Balaban J connectivity index is 1.42. The molecule has 1 aliphatic carbocycles. The lowest BCUT2D eigenvalue weighted by molar-refractivity contribution is -0.274. The van der Waals surface area contributed by atoms with Crippen LogP contribution in [0.15, 0.2) is 33.7 Å². The number of ether oxygens (including phenoxy) is 1. The topological polar surface area (TPSA) is 85.5 Å². The van der Waals surface area contributed by atoms with Gasteiger partial charge in [0.1, 0.15) is 5.75 Å². The molecule has 2 heterocycles. The summed E-state index contributed by atoms with van der Waals surface area (Å²) in [6.45, 7) is 0.654. The third-order valence-corrected chi connectivity index (χ3v) is 6.95. The van der Waals surface area contributed by atoms with Gasteiger partial charge in [0.2, 0.25) is 15.9 Å². The van der Waals surface area contributed by atoms with E-state index in [0.29, 0.717) is 37.7 Å². The quantitative estimate of drug-likeness (QED) is 0.696. The summed E-state index contributed by atoms with van der Waals surface area (Å²) in [5, 5.41) is 3.98. The van der Waals surface area contributed by atoms with E-state index in [4.69, 9.17) is 4.52 Å². The second-order valence-corrected chi connectivity index (χ2v) is 9.35. The normalized spacial score (nSPS) is 21.3. The number of sulfonamides is 1. The third-order valence-electron chi connectivity index (χ3n) is 5.07. The van der Waals surface area contributed by atoms with Crippen molar-refractivity contribution in [2.75, 3.05) is 13.1 Å². The molecule has 29 heavy (non-hydrogen) atoms. The summed E-state index contributed by atoms with van der Waals surface area (Å²) in [5.74, 6) is 1.21. The molecule has 1 atom stereocenters. The van der Waals surface area contributed by atoms with Gasteiger partial charge in [-0.05, 0) is 55.9 Å². The highest BCUT2D eigenvalue weighted by Crippen LogP contribution is 2.38. The van der Waals surface area contributed by atoms with E-state index in [1.54, 1.807) is 0 Å². The molecule has 0 N–H and O–H groups in total. The van der Waals surface area contributed by atoms with E-state index in [2.05, 4.69) is 14.9 Å². The first kappa shape index (κ1) is 20.1. The summed E-state index contributed by atoms with van der Waals surface area (Å²) in [6.07, 6.45) is -0.657. The third kappa shape index (κ3) is 4.89. The molecule has 0 spiro atoms. The molecule has 1 unspecified atom stereocenters. The number of halogens is 3. The lowest BCUT2D eigenvalue weighted by atomic mass is 9.96. The van der Waals surface area contributed by atoms with Crippen molar-refractivity contribution in [3.63, 3.8) is 0 Å². The fourth-order valence-corrected chi connectivity index (χ4v) is 5.03. The molecule has 1 aromatic carbocycles. The molecular weight excluding hydrogens is 411 g/mol. The monoisotopic (exact) mass is 431 g/mol. The van der Waals surface area contributed by atoms with Crippen LogP contribution < -0.4 is 4.74 Å². The van der Waals surface area contributed by atoms with Crippen LogP contribution in [0, 0.1) is 5.92 Å². The molecule has 1 aromatic heterocycles. The van der Waals surface area contributed by atoms with Gasteiger partial charge in [-0.3, -0.25) is 0 Å². The average molecular weight is 431 g/mol. The highest BCUT2D eigenvalue weighted by atomic mass is 32.2. The first-order valence-corrected chi connectivity index (χ1v) is 10.8. The van der Waals surface area contributed by atoms with E-state index >= 15 is 0 Å². The van der Waals surface area contributed by atoms with E-state index in [9.17, 15) is 21.6 Å². The maximum absolute atomic E-state index is 12.9. The number of piperidine rings is 1. The molecule has 0 amide bonds. The molecule has 7 nitrogen and oxygen atoms in total. The van der Waals surface area contributed by atoms with Crippen LogP contribution >= 0.6 is 0 Å². The standard InChI is InChI=1S/C18H20F3N3O4S/c19-18(20,21)27-14-5-7-15(8-6-14)29(25,26)24-9-1-2-12(11-24)10-16-22-17(23-28-16)13-3-4-13/h5-8,12-13H,1-4,9-11H2. The lowest BCUT2D eigenvalue weighted by Crippen LogP contribution is -2.40. The van der Waals surface area contributed by atoms with Gasteiger partial charge in [0, 0.05) is 25.4 Å². The van der Waals surface area contributed by atoms with Crippen molar-refractivity contribution in [2.24, 2.45) is 5.92 Å². The van der Waals surface area contributed by atoms with Crippen LogP contribution in [-0.2, 0) is 16.4 Å². The zero-order valence-corrected chi connectivity index (χ0v) is 16.2. The molecule has 1 saturated heterocycles. The minimum absolute atomic E-state index is 0.0406. The Hall–Kier alpha value is -2.14. The number of nitrogens with zero attached hydrogens (tertiary/aromatic N) is 3. The van der Waals surface area contributed by atoms with E-state index in [0.717, 1.165) is 49.4 Å². The number of benzene rings is 1. The summed E-state index contributed by atoms with van der Waals surface area (Å²) in [4.78, 5) is 4.33. The minimum Gasteiger partial charge on any atom is -0.406 e. The fourth-order valence-electron chi connectivity index (χ4n) is 3.48. The Morgan fingerprint density at radius 1 is 1.17 bits per heavy atom. The number of hydrogen-bond acceptors (Lipinski definition) is 6. The highest BCUT2D eigenvalue weighted by molar-refractivity contribution is 7.89. The van der Waals surface area contributed by atoms with Crippen molar-refractivity contribution in [1.82, 2.24) is 14.4 Å². The second kappa shape index (κ2) is 7.60. The predicted octanol–water partition coefficient (Wildman–Crippen LogP) is 3.49. The van der Waals surface area contributed by atoms with Crippen molar-refractivity contribution >= 4 is 10.0 Å². The summed E-state index contributed by atoms with van der Waals surface area (Å²) < 4.78 is 73.0. The SMILES string of the molecule is O=S(=O)(c1ccc(OC(F)(F)F)cc1)N1CCCC(Cc2nc(C3CC3)no2)C1. The molecular formula is C18H20F3N3O4S. The molecule has 0 bridgehead atoms. The summed E-state index contributed by atoms with van der Waals surface area (Å²) in [7, 11) is -3.82. The average Bonchev–Trinajstić information content (AvgIpc) is 3.41. The van der Waals surface area contributed by atoms with Crippen LogP contribution in [0.1, 0.15) is 43.3 Å². The summed E-state index contributed by atoms with van der Waals surface area (Å²) in [5.41, 5.74) is 0. The first-order valence-electron chi connectivity index (χ1n) is 9.39. The predicted molar refractivity (Wildman–Crippen MR) is 94.6 cm³/mol. The van der Waals surface area contributed by atoms with Crippen molar-refractivity contribution < 1.29 is 30.8 Å². The molecule has 11 heteroatoms. The zero-order valence-electron chi connectivity index (χ0n) is 15.4. The molecule has 158 valence electrons. The minimum atomic E-state index is -4.82. The Bertz CT molecular complexity index is 955. The molecule has 4 rings (SSSR count). The molecule has 0 radical (unpaired) electrons. The van der Waals surface area contributed by atoms with Crippen molar-refractivity contribution in [3.8, 4) is 5.75 Å². The Morgan fingerprint density at radius 2 is 1.90 bits per heavy atom. The molecule has 1 aliphatic heterocycles. The van der Waals surface area contributed by atoms with Crippen molar-refractivity contribution in [2.45, 2.75) is 49.3 Å². The highest BCUT2D eigenvalue weighted by Gasteiger charge is 2.34. The van der Waals surface area contributed by atoms with Gasteiger partial charge in [-0.25, -0.2) is 8.42 Å². The molecule has 2 aromatic rings. The van der Waals surface area contributed by atoms with Crippen LogP contribution in [0.25, 0.3) is 0 Å². The van der Waals surface area contributed by atoms with Crippen LogP contribution in [0.3, 0.4) is 0 Å². The zero-order chi connectivity index (χ0) is 20.6. The van der Waals surface area contributed by atoms with Gasteiger partial charge in [-0.1, -0.05) is 5.16 Å². The van der Waals surface area contributed by atoms with E-state index in [1.165, 1.54) is 4.31 Å². The molecule has 2 fully saturated rings. The van der Waals surface area contributed by atoms with E-state index < -0.39 is 22.1 Å². The summed E-state index contributed by atoms with van der Waals surface area (Å²) in [6, 6.07) is 4.25. The maximum Gasteiger partial charge on any atom is 0.573 e. The Kier molecular flexibility index (Phi) is 5.28. The Labute approximate surface area is 165 Å².